The smallest absolute Gasteiger partial charge is 0.392 e. The summed E-state index contributed by atoms with van der Waals surface area (Å²) in [5, 5.41) is 0. The number of esters is 1. The monoisotopic (exact) mass is 157 g/mol. The van der Waals surface area contributed by atoms with Crippen LogP contribution in [0.4, 0.5) is 0 Å². The number of ether oxygens (including phenoxy) is 2. The summed E-state index contributed by atoms with van der Waals surface area (Å²) in [5.41, 5.74) is -0.358. The van der Waals surface area contributed by atoms with Crippen LogP contribution in [0.25, 0.3) is 0 Å². The van der Waals surface area contributed by atoms with Gasteiger partial charge in [0.05, 0.1) is 0 Å². The molecule has 0 aliphatic carbocycles. The van der Waals surface area contributed by atoms with Gasteiger partial charge in [-0.3, -0.25) is 0 Å². The number of carbonyl (C=O) groups excluding carboxylic acids is 1. The third-order valence-corrected chi connectivity index (χ3v) is 0.932. The lowest BCUT2D eigenvalue weighted by Crippen LogP contribution is -2.24. The van der Waals surface area contributed by atoms with Gasteiger partial charge in [0.2, 0.25) is 0 Å². The fraction of sp³-hybridized carbons (Fsp3) is 0.714. The van der Waals surface area contributed by atoms with E-state index in [4.69, 9.17) is 4.74 Å². The minimum Gasteiger partial charge on any atom is -0.445 e. The van der Waals surface area contributed by atoms with Crippen molar-refractivity contribution in [2.45, 2.75) is 26.4 Å². The van der Waals surface area contributed by atoms with Crippen molar-refractivity contribution in [2.24, 2.45) is 4.99 Å². The highest BCUT2D eigenvalue weighted by Crippen LogP contribution is 2.10. The molecule has 0 atom stereocenters. The highest BCUT2D eigenvalue weighted by atomic mass is 16.7. The van der Waals surface area contributed by atoms with Crippen molar-refractivity contribution in [2.75, 3.05) is 6.54 Å². The van der Waals surface area contributed by atoms with Crippen molar-refractivity contribution in [1.82, 2.24) is 0 Å². The Labute approximate surface area is 65.2 Å². The third kappa shape index (κ3) is 2.57. The van der Waals surface area contributed by atoms with E-state index in [1.165, 1.54) is 0 Å². The maximum absolute atomic E-state index is 10.5. The van der Waals surface area contributed by atoms with Gasteiger partial charge < -0.3 is 9.47 Å². The molecule has 1 heterocycles. The molecule has 11 heavy (non-hydrogen) atoms. The molecule has 0 N–H and O–H groups in total. The van der Waals surface area contributed by atoms with Gasteiger partial charge in [0.25, 0.3) is 0 Å². The molecule has 1 aliphatic rings. The lowest BCUT2D eigenvalue weighted by atomic mass is 10.2. The second-order valence-electron chi connectivity index (χ2n) is 3.27. The summed E-state index contributed by atoms with van der Waals surface area (Å²) in [6.07, 6.45) is 0.0856. The molecule has 0 aromatic rings. The first kappa shape index (κ1) is 8.04. The topological polar surface area (TPSA) is 47.9 Å². The zero-order chi connectivity index (χ0) is 8.48. The molecule has 0 aromatic carbocycles. The van der Waals surface area contributed by atoms with Gasteiger partial charge in [0, 0.05) is 0 Å². The number of hydrogen-bond acceptors (Lipinski definition) is 4. The number of rotatable bonds is 0. The van der Waals surface area contributed by atoms with Crippen LogP contribution < -0.4 is 0 Å². The van der Waals surface area contributed by atoms with Gasteiger partial charge in [0.15, 0.2) is 0 Å². The molecule has 0 spiro atoms. The molecule has 0 saturated heterocycles. The fourth-order valence-electron chi connectivity index (χ4n) is 0.606. The zero-order valence-corrected chi connectivity index (χ0v) is 6.88. The summed E-state index contributed by atoms with van der Waals surface area (Å²) in [6.45, 7) is 5.66. The molecule has 0 fully saturated rings. The summed E-state index contributed by atoms with van der Waals surface area (Å²) in [7, 11) is 0. The van der Waals surface area contributed by atoms with E-state index in [9.17, 15) is 4.79 Å². The molecule has 0 unspecified atom stereocenters. The average molecular weight is 157 g/mol. The molecule has 62 valence electrons. The number of aliphatic imine (C=N–C) groups is 1. The minimum absolute atomic E-state index is 0.0748. The summed E-state index contributed by atoms with van der Waals surface area (Å²) < 4.78 is 9.80. The Bertz CT molecular complexity index is 202. The first-order chi connectivity index (χ1) is 4.97. The van der Waals surface area contributed by atoms with Crippen LogP contribution in [-0.2, 0) is 14.3 Å². The SMILES string of the molecule is CC(C)(C)OC1=NCC(=O)O1. The second kappa shape index (κ2) is 2.53. The predicted octanol–water partition coefficient (Wildman–Crippen LogP) is 0.714. The van der Waals surface area contributed by atoms with E-state index in [1.807, 2.05) is 20.8 Å². The molecular formula is C7H11NO3. The van der Waals surface area contributed by atoms with Crippen molar-refractivity contribution >= 4 is 12.1 Å². The van der Waals surface area contributed by atoms with Crippen molar-refractivity contribution in [3.05, 3.63) is 0 Å². The average Bonchev–Trinajstić information content (AvgIpc) is 2.10. The standard InChI is InChI=1S/C7H11NO3/c1-7(2,3)11-6-8-4-5(9)10-6/h4H2,1-3H3. The minimum atomic E-state index is -0.358. The lowest BCUT2D eigenvalue weighted by molar-refractivity contribution is -0.134. The maximum atomic E-state index is 10.5. The van der Waals surface area contributed by atoms with Crippen LogP contribution in [0.1, 0.15) is 20.8 Å². The first-order valence-electron chi connectivity index (χ1n) is 3.41. The van der Waals surface area contributed by atoms with E-state index >= 15 is 0 Å². The van der Waals surface area contributed by atoms with Crippen LogP contribution >= 0.6 is 0 Å². The zero-order valence-electron chi connectivity index (χ0n) is 6.88. The van der Waals surface area contributed by atoms with Crippen molar-refractivity contribution in [3.63, 3.8) is 0 Å². The molecule has 1 aliphatic heterocycles. The van der Waals surface area contributed by atoms with Crippen molar-refractivity contribution < 1.29 is 14.3 Å². The summed E-state index contributed by atoms with van der Waals surface area (Å²) in [6, 6.07) is 0. The number of carbonyl (C=O) groups is 1. The van der Waals surface area contributed by atoms with Crippen molar-refractivity contribution in [3.8, 4) is 0 Å². The van der Waals surface area contributed by atoms with E-state index in [1.54, 1.807) is 0 Å². The predicted molar refractivity (Wildman–Crippen MR) is 39.2 cm³/mol. The van der Waals surface area contributed by atoms with Crippen LogP contribution in [0.15, 0.2) is 4.99 Å². The van der Waals surface area contributed by atoms with Crippen LogP contribution in [0, 0.1) is 0 Å². The number of cyclic esters (lactones) is 1. The number of hydrogen-bond donors (Lipinski definition) is 0. The van der Waals surface area contributed by atoms with Crippen LogP contribution in [-0.4, -0.2) is 24.2 Å². The Balaban J connectivity index is 2.46. The quantitative estimate of drug-likeness (QED) is 0.486. The van der Waals surface area contributed by atoms with E-state index < -0.39 is 0 Å². The van der Waals surface area contributed by atoms with E-state index in [0.29, 0.717) is 0 Å². The molecule has 4 heteroatoms. The fourth-order valence-corrected chi connectivity index (χ4v) is 0.606. The second-order valence-corrected chi connectivity index (χ2v) is 3.27. The normalized spacial score (nSPS) is 17.7. The van der Waals surface area contributed by atoms with Crippen molar-refractivity contribution in [1.29, 1.82) is 0 Å². The molecule has 1 rings (SSSR count). The largest absolute Gasteiger partial charge is 0.445 e. The lowest BCUT2D eigenvalue weighted by Gasteiger charge is -2.18. The molecule has 4 nitrogen and oxygen atoms in total. The molecule has 0 saturated carbocycles. The number of nitrogens with zero attached hydrogens (tertiary/aromatic N) is 1. The van der Waals surface area contributed by atoms with Gasteiger partial charge in [-0.15, -0.1) is 0 Å². The highest BCUT2D eigenvalue weighted by molar-refractivity contribution is 5.91. The van der Waals surface area contributed by atoms with E-state index in [-0.39, 0.29) is 24.2 Å². The van der Waals surface area contributed by atoms with Gasteiger partial charge >= 0.3 is 12.1 Å². The summed E-state index contributed by atoms with van der Waals surface area (Å²) in [4.78, 5) is 14.2. The maximum Gasteiger partial charge on any atom is 0.392 e. The van der Waals surface area contributed by atoms with Gasteiger partial charge in [-0.2, -0.15) is 0 Å². The van der Waals surface area contributed by atoms with Crippen LogP contribution in [0.3, 0.4) is 0 Å². The Morgan fingerprint density at radius 3 is 2.55 bits per heavy atom. The van der Waals surface area contributed by atoms with Crippen LogP contribution in [0.2, 0.25) is 0 Å². The Morgan fingerprint density at radius 2 is 2.18 bits per heavy atom. The molecule has 0 aromatic heterocycles. The van der Waals surface area contributed by atoms with Crippen LogP contribution in [0.5, 0.6) is 0 Å². The highest BCUT2D eigenvalue weighted by Gasteiger charge is 2.22. The summed E-state index contributed by atoms with van der Waals surface area (Å²) >= 11 is 0. The van der Waals surface area contributed by atoms with E-state index in [0.717, 1.165) is 0 Å². The molecule has 0 amide bonds. The first-order valence-corrected chi connectivity index (χ1v) is 3.41. The molecular weight excluding hydrogens is 146 g/mol. The van der Waals surface area contributed by atoms with Gasteiger partial charge in [-0.25, -0.2) is 9.79 Å². The molecule has 0 bridgehead atoms. The Kier molecular flexibility index (Phi) is 1.85. The van der Waals surface area contributed by atoms with E-state index in [2.05, 4.69) is 9.73 Å². The summed E-state index contributed by atoms with van der Waals surface area (Å²) in [5.74, 6) is -0.357. The van der Waals surface area contributed by atoms with Gasteiger partial charge in [-0.05, 0) is 20.8 Å². The third-order valence-electron chi connectivity index (χ3n) is 0.932. The Morgan fingerprint density at radius 1 is 1.55 bits per heavy atom. The molecule has 0 radical (unpaired) electrons. The van der Waals surface area contributed by atoms with Gasteiger partial charge in [-0.1, -0.05) is 0 Å². The van der Waals surface area contributed by atoms with Gasteiger partial charge in [0.1, 0.15) is 12.1 Å². The Hall–Kier alpha value is -1.06.